The molecule has 2 heterocycles. The van der Waals surface area contributed by atoms with E-state index in [4.69, 9.17) is 4.74 Å². The highest BCUT2D eigenvalue weighted by atomic mass is 19.3. The van der Waals surface area contributed by atoms with E-state index in [1.54, 1.807) is 27.7 Å². The summed E-state index contributed by atoms with van der Waals surface area (Å²) in [4.78, 5) is 23.9. The normalized spacial score (nSPS) is 20.3. The zero-order valence-corrected chi connectivity index (χ0v) is 14.1. The number of halogens is 2. The maximum Gasteiger partial charge on any atom is 0.325 e. The van der Waals surface area contributed by atoms with E-state index in [2.05, 4.69) is 15.7 Å². The fraction of sp³-hybridized carbons (Fsp3) is 0.667. The van der Waals surface area contributed by atoms with Crippen LogP contribution >= 0.6 is 0 Å². The summed E-state index contributed by atoms with van der Waals surface area (Å²) in [6, 6.07) is -1.30. The van der Waals surface area contributed by atoms with Gasteiger partial charge in [0.2, 0.25) is 0 Å². The number of nitrogens with zero attached hydrogens (tertiary/aromatic N) is 2. The third-order valence-corrected chi connectivity index (χ3v) is 3.44. The Morgan fingerprint density at radius 2 is 2.17 bits per heavy atom. The van der Waals surface area contributed by atoms with Gasteiger partial charge in [-0.3, -0.25) is 9.59 Å². The summed E-state index contributed by atoms with van der Waals surface area (Å²) >= 11 is 0. The Balaban J connectivity index is 2.08. The number of carbonyl (C=O) groups is 2. The lowest BCUT2D eigenvalue weighted by molar-refractivity contribution is -0.153. The number of hydrogen-bond acceptors (Lipinski definition) is 5. The molecule has 0 aromatic carbocycles. The summed E-state index contributed by atoms with van der Waals surface area (Å²) in [6.07, 6.45) is -1.14. The largest absolute Gasteiger partial charge is 0.459 e. The van der Waals surface area contributed by atoms with Crippen molar-refractivity contribution in [2.45, 2.75) is 58.2 Å². The number of ether oxygens (including phenoxy) is 1. The van der Waals surface area contributed by atoms with Gasteiger partial charge in [-0.05, 0) is 34.1 Å². The van der Waals surface area contributed by atoms with Gasteiger partial charge >= 0.3 is 5.97 Å². The van der Waals surface area contributed by atoms with Crippen molar-refractivity contribution in [1.82, 2.24) is 15.1 Å². The van der Waals surface area contributed by atoms with Crippen LogP contribution in [0.3, 0.4) is 0 Å². The second-order valence-electron chi connectivity index (χ2n) is 6.80. The van der Waals surface area contributed by atoms with Crippen molar-refractivity contribution >= 4 is 17.7 Å². The predicted octanol–water partition coefficient (Wildman–Crippen LogP) is 1.96. The highest BCUT2D eigenvalue weighted by molar-refractivity contribution is 6.00. The number of esters is 1. The molecule has 1 aromatic heterocycles. The zero-order valence-electron chi connectivity index (χ0n) is 14.1. The highest BCUT2D eigenvalue weighted by Crippen LogP contribution is 2.33. The van der Waals surface area contributed by atoms with Crippen molar-refractivity contribution < 1.29 is 23.1 Å². The topological polar surface area (TPSA) is 85.2 Å². The molecule has 0 unspecified atom stereocenters. The monoisotopic (exact) mass is 344 g/mol. The van der Waals surface area contributed by atoms with Gasteiger partial charge in [-0.15, -0.1) is 0 Å². The summed E-state index contributed by atoms with van der Waals surface area (Å²) in [5, 5.41) is 9.31. The molecule has 24 heavy (non-hydrogen) atoms. The quantitative estimate of drug-likeness (QED) is 0.816. The van der Waals surface area contributed by atoms with Crippen LogP contribution < -0.4 is 10.6 Å². The Morgan fingerprint density at radius 3 is 2.75 bits per heavy atom. The molecule has 1 amide bonds. The van der Waals surface area contributed by atoms with Crippen molar-refractivity contribution in [2.24, 2.45) is 0 Å². The zero-order chi connectivity index (χ0) is 18.1. The second kappa shape index (κ2) is 6.74. The molecule has 9 heteroatoms. The van der Waals surface area contributed by atoms with E-state index in [9.17, 15) is 18.4 Å². The minimum atomic E-state index is -2.58. The van der Waals surface area contributed by atoms with Crippen molar-refractivity contribution in [3.63, 3.8) is 0 Å². The van der Waals surface area contributed by atoms with Crippen molar-refractivity contribution in [2.75, 3.05) is 11.9 Å². The van der Waals surface area contributed by atoms with Gasteiger partial charge in [0.25, 0.3) is 12.3 Å². The van der Waals surface area contributed by atoms with E-state index in [0.717, 1.165) is 4.68 Å². The first-order valence-corrected chi connectivity index (χ1v) is 7.70. The number of anilines is 1. The van der Waals surface area contributed by atoms with Crippen molar-refractivity contribution in [3.8, 4) is 0 Å². The van der Waals surface area contributed by atoms with Crippen LogP contribution in [0.4, 0.5) is 14.6 Å². The van der Waals surface area contributed by atoms with Crippen LogP contribution in [0, 0.1) is 0 Å². The Hall–Kier alpha value is -2.19. The Labute approximate surface area is 138 Å². The Morgan fingerprint density at radius 1 is 1.50 bits per heavy atom. The molecule has 2 rings (SSSR count). The fourth-order valence-corrected chi connectivity index (χ4v) is 2.51. The number of rotatable bonds is 4. The van der Waals surface area contributed by atoms with Gasteiger partial charge in [-0.2, -0.15) is 5.10 Å². The lowest BCUT2D eigenvalue weighted by Gasteiger charge is -2.30. The number of hydrogen-bond donors (Lipinski definition) is 2. The van der Waals surface area contributed by atoms with Crippen molar-refractivity contribution in [1.29, 1.82) is 0 Å². The number of carbonyl (C=O) groups excluding carboxylic acids is 2. The van der Waals surface area contributed by atoms with Gasteiger partial charge in [0.05, 0.1) is 6.20 Å². The molecule has 134 valence electrons. The van der Waals surface area contributed by atoms with E-state index in [-0.39, 0.29) is 30.4 Å². The second-order valence-corrected chi connectivity index (χ2v) is 6.80. The van der Waals surface area contributed by atoms with Gasteiger partial charge in [-0.1, -0.05) is 0 Å². The molecule has 1 aromatic rings. The maximum absolute atomic E-state index is 13.1. The Kier molecular flexibility index (Phi) is 5.10. The molecule has 0 saturated heterocycles. The lowest BCUT2D eigenvalue weighted by Crippen LogP contribution is -2.36. The minimum absolute atomic E-state index is 0.121. The predicted molar refractivity (Wildman–Crippen MR) is 83.1 cm³/mol. The molecule has 1 aliphatic heterocycles. The summed E-state index contributed by atoms with van der Waals surface area (Å²) in [5.74, 6) is -0.916. The van der Waals surface area contributed by atoms with Gasteiger partial charge < -0.3 is 15.4 Å². The first-order valence-electron chi connectivity index (χ1n) is 7.70. The lowest BCUT2D eigenvalue weighted by atomic mass is 10.1. The van der Waals surface area contributed by atoms with E-state index in [1.807, 2.05) is 0 Å². The molecule has 2 atom stereocenters. The average molecular weight is 344 g/mol. The number of fused-ring (bicyclic) bond motifs is 1. The number of nitrogens with one attached hydrogen (secondary N) is 2. The summed E-state index contributed by atoms with van der Waals surface area (Å²) in [5.41, 5.74) is -0.532. The molecule has 7 nitrogen and oxygen atoms in total. The SMILES string of the molecule is C[C@H]1C[C@@H](C(F)F)n2ncc(C(=O)NCC(=O)OC(C)(C)C)c2N1. The number of amides is 1. The van der Waals surface area contributed by atoms with E-state index in [1.165, 1.54) is 6.20 Å². The summed E-state index contributed by atoms with van der Waals surface area (Å²) in [7, 11) is 0. The molecule has 0 fully saturated rings. The first-order chi connectivity index (χ1) is 11.1. The van der Waals surface area contributed by atoms with Crippen LogP contribution in [-0.2, 0) is 9.53 Å². The molecular formula is C15H22F2N4O3. The standard InChI is InChI=1S/C15H22F2N4O3/c1-8-5-10(12(16)17)21-13(20-8)9(6-19-21)14(23)18-7-11(22)24-15(2,3)4/h6,8,10,12,20H,5,7H2,1-4H3,(H,18,23)/t8-,10-/m0/s1. The van der Waals surface area contributed by atoms with Crippen LogP contribution in [-0.4, -0.2) is 46.3 Å². The number of alkyl halides is 2. The molecule has 0 aliphatic carbocycles. The van der Waals surface area contributed by atoms with Crippen LogP contribution in [0.1, 0.15) is 50.5 Å². The van der Waals surface area contributed by atoms with E-state index < -0.39 is 29.9 Å². The first kappa shape index (κ1) is 18.2. The average Bonchev–Trinajstić information content (AvgIpc) is 2.85. The van der Waals surface area contributed by atoms with E-state index >= 15 is 0 Å². The molecule has 0 bridgehead atoms. The van der Waals surface area contributed by atoms with Crippen LogP contribution in [0.2, 0.25) is 0 Å². The molecule has 1 aliphatic rings. The molecular weight excluding hydrogens is 322 g/mol. The van der Waals surface area contributed by atoms with Gasteiger partial charge in [-0.25, -0.2) is 13.5 Å². The Bertz CT molecular complexity index is 625. The van der Waals surface area contributed by atoms with Gasteiger partial charge in [0.1, 0.15) is 29.6 Å². The highest BCUT2D eigenvalue weighted by Gasteiger charge is 2.34. The van der Waals surface area contributed by atoms with E-state index in [0.29, 0.717) is 0 Å². The minimum Gasteiger partial charge on any atom is -0.459 e. The number of aromatic nitrogens is 2. The van der Waals surface area contributed by atoms with Crippen LogP contribution in [0.25, 0.3) is 0 Å². The van der Waals surface area contributed by atoms with Crippen LogP contribution in [0.15, 0.2) is 6.20 Å². The summed E-state index contributed by atoms with van der Waals surface area (Å²) < 4.78 is 32.5. The molecule has 0 saturated carbocycles. The molecule has 2 N–H and O–H groups in total. The van der Waals surface area contributed by atoms with Crippen molar-refractivity contribution in [3.05, 3.63) is 11.8 Å². The maximum atomic E-state index is 13.1. The molecule has 0 spiro atoms. The smallest absolute Gasteiger partial charge is 0.325 e. The van der Waals surface area contributed by atoms with Gasteiger partial charge in [0, 0.05) is 6.04 Å². The fourth-order valence-electron chi connectivity index (χ4n) is 2.51. The third-order valence-electron chi connectivity index (χ3n) is 3.44. The van der Waals surface area contributed by atoms with Gasteiger partial charge in [0.15, 0.2) is 0 Å². The van der Waals surface area contributed by atoms with Crippen LogP contribution in [0.5, 0.6) is 0 Å². The molecule has 0 radical (unpaired) electrons. The summed E-state index contributed by atoms with van der Waals surface area (Å²) in [6.45, 7) is 6.60. The third kappa shape index (κ3) is 4.21.